The summed E-state index contributed by atoms with van der Waals surface area (Å²) in [4.78, 5) is 37.6. The van der Waals surface area contributed by atoms with Crippen LogP contribution in [0, 0.1) is 0 Å². The fraction of sp³-hybridized carbons (Fsp3) is 0.421. The van der Waals surface area contributed by atoms with Gasteiger partial charge in [0.1, 0.15) is 0 Å². The van der Waals surface area contributed by atoms with Gasteiger partial charge in [-0.05, 0) is 38.0 Å². The van der Waals surface area contributed by atoms with Gasteiger partial charge in [-0.15, -0.1) is 0 Å². The molecule has 0 aliphatic carbocycles. The zero-order chi connectivity index (χ0) is 18.6. The van der Waals surface area contributed by atoms with E-state index in [0.29, 0.717) is 0 Å². The zero-order valence-electron chi connectivity index (χ0n) is 15.1. The summed E-state index contributed by atoms with van der Waals surface area (Å²) < 4.78 is 0. The predicted octanol–water partition coefficient (Wildman–Crippen LogP) is 1.98. The number of nitrogens with one attached hydrogen (secondary N) is 2. The van der Waals surface area contributed by atoms with Gasteiger partial charge in [0.05, 0.1) is 19.0 Å². The Morgan fingerprint density at radius 2 is 1.80 bits per heavy atom. The second-order valence-corrected chi connectivity index (χ2v) is 7.17. The van der Waals surface area contributed by atoms with Crippen LogP contribution >= 0.6 is 0 Å². The Morgan fingerprint density at radius 3 is 2.44 bits per heavy atom. The Morgan fingerprint density at radius 1 is 1.12 bits per heavy atom. The molecule has 1 aromatic rings. The van der Waals surface area contributed by atoms with E-state index in [4.69, 9.17) is 0 Å². The van der Waals surface area contributed by atoms with Crippen molar-refractivity contribution in [2.45, 2.75) is 45.7 Å². The maximum Gasteiger partial charge on any atom is 0.239 e. The van der Waals surface area contributed by atoms with Gasteiger partial charge in [-0.2, -0.15) is 0 Å². The van der Waals surface area contributed by atoms with Gasteiger partial charge >= 0.3 is 0 Å². The summed E-state index contributed by atoms with van der Waals surface area (Å²) in [6, 6.07) is 7.30. The number of amides is 3. The maximum atomic E-state index is 12.3. The van der Waals surface area contributed by atoms with E-state index in [0.717, 1.165) is 11.1 Å². The number of rotatable bonds is 4. The molecule has 6 heteroatoms. The summed E-state index contributed by atoms with van der Waals surface area (Å²) in [5, 5.41) is 5.42. The van der Waals surface area contributed by atoms with Crippen molar-refractivity contribution in [3.8, 4) is 0 Å². The molecule has 0 spiro atoms. The van der Waals surface area contributed by atoms with Crippen LogP contribution < -0.4 is 10.6 Å². The Balaban J connectivity index is 2.03. The van der Waals surface area contributed by atoms with Crippen LogP contribution in [0.2, 0.25) is 0 Å². The smallest absolute Gasteiger partial charge is 0.239 e. The first-order valence-electron chi connectivity index (χ1n) is 8.31. The Bertz CT molecular complexity index is 704. The van der Waals surface area contributed by atoms with Crippen LogP contribution in [-0.2, 0) is 14.4 Å². The molecule has 1 aliphatic rings. The molecule has 0 fully saturated rings. The van der Waals surface area contributed by atoms with E-state index in [1.54, 1.807) is 11.1 Å². The molecule has 3 amide bonds. The molecular formula is C19H25N3O3. The molecule has 1 aromatic carbocycles. The Hall–Kier alpha value is -2.63. The SMILES string of the molecule is CC(=O)N1C=Cc2ccccc2C1CC(=O)NCC(=O)NC(C)(C)C. The highest BCUT2D eigenvalue weighted by Gasteiger charge is 2.28. The van der Waals surface area contributed by atoms with E-state index in [9.17, 15) is 14.4 Å². The van der Waals surface area contributed by atoms with Crippen molar-refractivity contribution < 1.29 is 14.4 Å². The molecule has 6 nitrogen and oxygen atoms in total. The molecule has 2 rings (SSSR count). The standard InChI is InChI=1S/C19H25N3O3/c1-13(23)22-10-9-14-7-5-6-8-15(14)16(22)11-17(24)20-12-18(25)21-19(2,3)4/h5-10,16H,11-12H2,1-4H3,(H,20,24)(H,21,25). The molecule has 134 valence electrons. The van der Waals surface area contributed by atoms with Gasteiger partial charge in [0.15, 0.2) is 0 Å². The van der Waals surface area contributed by atoms with Gasteiger partial charge in [-0.1, -0.05) is 24.3 Å². The molecule has 0 saturated heterocycles. The number of carbonyl (C=O) groups is 3. The number of benzene rings is 1. The van der Waals surface area contributed by atoms with Crippen molar-refractivity contribution in [1.29, 1.82) is 0 Å². The number of nitrogens with zero attached hydrogens (tertiary/aromatic N) is 1. The molecular weight excluding hydrogens is 318 g/mol. The minimum absolute atomic E-state index is 0.0830. The normalized spacial score (nSPS) is 16.2. The maximum absolute atomic E-state index is 12.3. The van der Waals surface area contributed by atoms with Crippen LogP contribution in [0.4, 0.5) is 0 Å². The third-order valence-corrected chi connectivity index (χ3v) is 3.81. The second-order valence-electron chi connectivity index (χ2n) is 7.17. The highest BCUT2D eigenvalue weighted by atomic mass is 16.2. The van der Waals surface area contributed by atoms with Gasteiger partial charge in [-0.25, -0.2) is 0 Å². The lowest BCUT2D eigenvalue weighted by molar-refractivity contribution is -0.131. The van der Waals surface area contributed by atoms with Crippen LogP contribution in [0.15, 0.2) is 30.5 Å². The van der Waals surface area contributed by atoms with Crippen molar-refractivity contribution in [2.75, 3.05) is 6.54 Å². The molecule has 1 aliphatic heterocycles. The van der Waals surface area contributed by atoms with Crippen LogP contribution in [0.1, 0.15) is 51.3 Å². The lowest BCUT2D eigenvalue weighted by atomic mass is 9.93. The van der Waals surface area contributed by atoms with E-state index >= 15 is 0 Å². The van der Waals surface area contributed by atoms with E-state index in [1.165, 1.54) is 6.92 Å². The quantitative estimate of drug-likeness (QED) is 0.877. The summed E-state index contributed by atoms with van der Waals surface area (Å²) in [5.74, 6) is -0.646. The third-order valence-electron chi connectivity index (χ3n) is 3.81. The highest BCUT2D eigenvalue weighted by molar-refractivity contribution is 5.86. The first-order valence-corrected chi connectivity index (χ1v) is 8.31. The molecule has 0 radical (unpaired) electrons. The number of carbonyl (C=O) groups excluding carboxylic acids is 3. The number of hydrogen-bond acceptors (Lipinski definition) is 3. The second kappa shape index (κ2) is 7.51. The largest absolute Gasteiger partial charge is 0.350 e. The van der Waals surface area contributed by atoms with Crippen LogP contribution in [0.3, 0.4) is 0 Å². The molecule has 1 atom stereocenters. The highest BCUT2D eigenvalue weighted by Crippen LogP contribution is 2.32. The van der Waals surface area contributed by atoms with Gasteiger partial charge < -0.3 is 15.5 Å². The van der Waals surface area contributed by atoms with Crippen LogP contribution in [-0.4, -0.2) is 34.7 Å². The number of fused-ring (bicyclic) bond motifs is 1. The summed E-state index contributed by atoms with van der Waals surface area (Å²) >= 11 is 0. The van der Waals surface area contributed by atoms with Gasteiger partial charge in [0, 0.05) is 18.7 Å². The summed E-state index contributed by atoms with van der Waals surface area (Å²) in [7, 11) is 0. The average molecular weight is 343 g/mol. The molecule has 2 N–H and O–H groups in total. The zero-order valence-corrected chi connectivity index (χ0v) is 15.1. The topological polar surface area (TPSA) is 78.5 Å². The van der Waals surface area contributed by atoms with E-state index in [1.807, 2.05) is 51.1 Å². The fourth-order valence-corrected chi connectivity index (χ4v) is 2.80. The van der Waals surface area contributed by atoms with Crippen LogP contribution in [0.5, 0.6) is 0 Å². The molecule has 1 heterocycles. The number of hydrogen-bond donors (Lipinski definition) is 2. The van der Waals surface area contributed by atoms with Crippen LogP contribution in [0.25, 0.3) is 6.08 Å². The minimum Gasteiger partial charge on any atom is -0.350 e. The third kappa shape index (κ3) is 5.17. The Kier molecular flexibility index (Phi) is 5.62. The van der Waals surface area contributed by atoms with Crippen molar-refractivity contribution >= 4 is 23.8 Å². The predicted molar refractivity (Wildman–Crippen MR) is 96.3 cm³/mol. The summed E-state index contributed by atoms with van der Waals surface area (Å²) in [5.41, 5.74) is 1.57. The lowest BCUT2D eigenvalue weighted by Gasteiger charge is -2.32. The molecule has 0 saturated carbocycles. The lowest BCUT2D eigenvalue weighted by Crippen LogP contribution is -2.46. The minimum atomic E-state index is -0.371. The van der Waals surface area contributed by atoms with E-state index < -0.39 is 0 Å². The molecule has 0 bridgehead atoms. The summed E-state index contributed by atoms with van der Waals surface area (Å²) in [6.45, 7) is 7.02. The van der Waals surface area contributed by atoms with Crippen molar-refractivity contribution in [2.24, 2.45) is 0 Å². The monoisotopic (exact) mass is 343 g/mol. The molecule has 0 aromatic heterocycles. The first-order chi connectivity index (χ1) is 11.7. The fourth-order valence-electron chi connectivity index (χ4n) is 2.80. The first kappa shape index (κ1) is 18.7. The average Bonchev–Trinajstić information content (AvgIpc) is 2.51. The van der Waals surface area contributed by atoms with Crippen molar-refractivity contribution in [1.82, 2.24) is 15.5 Å². The van der Waals surface area contributed by atoms with Gasteiger partial charge in [0.2, 0.25) is 17.7 Å². The Labute approximate surface area is 148 Å². The molecule has 25 heavy (non-hydrogen) atoms. The van der Waals surface area contributed by atoms with E-state index in [2.05, 4.69) is 10.6 Å². The van der Waals surface area contributed by atoms with Crippen molar-refractivity contribution in [3.05, 3.63) is 41.6 Å². The van der Waals surface area contributed by atoms with Crippen molar-refractivity contribution in [3.63, 3.8) is 0 Å². The van der Waals surface area contributed by atoms with Gasteiger partial charge in [-0.3, -0.25) is 14.4 Å². The van der Waals surface area contributed by atoms with Gasteiger partial charge in [0.25, 0.3) is 0 Å². The summed E-state index contributed by atoms with van der Waals surface area (Å²) in [6.07, 6.45) is 3.67. The molecule has 1 unspecified atom stereocenters. The van der Waals surface area contributed by atoms with E-state index in [-0.39, 0.29) is 42.3 Å².